The van der Waals surface area contributed by atoms with Crippen LogP contribution in [0.25, 0.3) is 0 Å². The average molecular weight is 411 g/mol. The second kappa shape index (κ2) is 8.86. The average Bonchev–Trinajstić information content (AvgIpc) is 2.86. The number of carbonyl (C=O) groups excluding carboxylic acids is 1. The molecular weight excluding hydrogens is 391 g/mol. The van der Waals surface area contributed by atoms with Crippen LogP contribution in [0.2, 0.25) is 0 Å². The van der Waals surface area contributed by atoms with Gasteiger partial charge in [0.25, 0.3) is 5.56 Å². The molecule has 0 saturated carbocycles. The minimum Gasteiger partial charge on any atom is -0.388 e. The van der Waals surface area contributed by atoms with E-state index in [0.717, 1.165) is 16.8 Å². The largest absolute Gasteiger partial charge is 0.471 e. The Morgan fingerprint density at radius 3 is 2.68 bits per heavy atom. The maximum absolute atomic E-state index is 12.4. The summed E-state index contributed by atoms with van der Waals surface area (Å²) < 4.78 is 54.1. The number of alkyl halides is 3. The van der Waals surface area contributed by atoms with Crippen molar-refractivity contribution in [3.8, 4) is 0 Å². The third-order valence-electron chi connectivity index (χ3n) is 4.03. The molecule has 2 unspecified atom stereocenters. The van der Waals surface area contributed by atoms with E-state index in [1.807, 2.05) is 4.98 Å². The number of hydrogen-bond donors (Lipinski definition) is 3. The van der Waals surface area contributed by atoms with Crippen molar-refractivity contribution >= 4 is 5.91 Å². The maximum atomic E-state index is 12.4. The van der Waals surface area contributed by atoms with E-state index in [9.17, 15) is 32.7 Å². The number of aliphatic hydroxyl groups is 1. The van der Waals surface area contributed by atoms with E-state index in [2.05, 4.69) is 0 Å². The van der Waals surface area contributed by atoms with E-state index >= 15 is 0 Å². The number of rotatable bonds is 7. The van der Waals surface area contributed by atoms with Crippen molar-refractivity contribution in [1.82, 2.24) is 14.9 Å². The summed E-state index contributed by atoms with van der Waals surface area (Å²) in [7, 11) is 1.23. The Hall–Kier alpha value is -2.22. The summed E-state index contributed by atoms with van der Waals surface area (Å²) in [5.41, 5.74) is -1.45. The second-order valence-corrected chi connectivity index (χ2v) is 6.16. The van der Waals surface area contributed by atoms with Gasteiger partial charge in [-0.3, -0.25) is 19.1 Å². The molecule has 158 valence electrons. The number of aromatic nitrogens is 2. The Kier molecular flexibility index (Phi) is 6.98. The number of H-pyrrole nitrogens is 1. The standard InChI is InChI=1S/C15H20F3N3O7/c1-7-10(23)11(12(28-7)21-4-3-9(22)20-14(21)25)27-6-8(5-26-2)19-13(24)15(16,17)18/h3-4,7-8,10-12,23H,5-6H2,1-2H3,(H,19,24)(H,20,22,25)/t7-,8?,10?,11+,12-/m1/s1. The number of nitrogens with one attached hydrogen (secondary N) is 2. The lowest BCUT2D eigenvalue weighted by atomic mass is 10.1. The van der Waals surface area contributed by atoms with Crippen molar-refractivity contribution in [2.45, 2.75) is 43.7 Å². The zero-order valence-corrected chi connectivity index (χ0v) is 14.9. The van der Waals surface area contributed by atoms with Crippen LogP contribution in [0.4, 0.5) is 13.2 Å². The molecule has 0 aromatic carbocycles. The highest BCUT2D eigenvalue weighted by atomic mass is 19.4. The fourth-order valence-electron chi connectivity index (χ4n) is 2.67. The molecule has 1 aromatic rings. The van der Waals surface area contributed by atoms with Crippen LogP contribution >= 0.6 is 0 Å². The fourth-order valence-corrected chi connectivity index (χ4v) is 2.67. The molecule has 1 amide bonds. The quantitative estimate of drug-likeness (QED) is 0.519. The summed E-state index contributed by atoms with van der Waals surface area (Å²) in [4.78, 5) is 36.3. The normalized spacial score (nSPS) is 26.2. The topological polar surface area (TPSA) is 132 Å². The minimum atomic E-state index is -5.08. The van der Waals surface area contributed by atoms with Crippen molar-refractivity contribution in [1.29, 1.82) is 0 Å². The first kappa shape index (κ1) is 22.1. The zero-order chi connectivity index (χ0) is 21.1. The van der Waals surface area contributed by atoms with Gasteiger partial charge < -0.3 is 24.6 Å². The first-order valence-electron chi connectivity index (χ1n) is 8.17. The van der Waals surface area contributed by atoms with E-state index in [4.69, 9.17) is 14.2 Å². The number of aromatic amines is 1. The Balaban J connectivity index is 2.14. The van der Waals surface area contributed by atoms with Crippen LogP contribution in [0.15, 0.2) is 21.9 Å². The molecule has 2 heterocycles. The molecule has 1 saturated heterocycles. The number of ether oxygens (including phenoxy) is 3. The van der Waals surface area contributed by atoms with Crippen LogP contribution in [0.5, 0.6) is 0 Å². The van der Waals surface area contributed by atoms with Crippen LogP contribution in [0.3, 0.4) is 0 Å². The Bertz CT molecular complexity index is 794. The summed E-state index contributed by atoms with van der Waals surface area (Å²) in [6, 6.07) is -0.107. The molecule has 10 nitrogen and oxygen atoms in total. The summed E-state index contributed by atoms with van der Waals surface area (Å²) in [5, 5.41) is 12.0. The first-order valence-corrected chi connectivity index (χ1v) is 8.17. The van der Waals surface area contributed by atoms with Gasteiger partial charge in [-0.1, -0.05) is 0 Å². The first-order chi connectivity index (χ1) is 13.0. The van der Waals surface area contributed by atoms with Gasteiger partial charge in [0.05, 0.1) is 25.4 Å². The van der Waals surface area contributed by atoms with Crippen LogP contribution < -0.4 is 16.6 Å². The Morgan fingerprint density at radius 2 is 2.11 bits per heavy atom. The fraction of sp³-hybridized carbons (Fsp3) is 0.667. The Morgan fingerprint density at radius 1 is 1.43 bits per heavy atom. The SMILES string of the molecule is COCC(CO[C@H]1C(O)[C@@H](C)O[C@H]1n1ccc(=O)[nH]c1=O)NC(=O)C(F)(F)F. The summed E-state index contributed by atoms with van der Waals surface area (Å²) in [6.07, 6.45) is -8.21. The molecule has 0 aliphatic carbocycles. The molecule has 2 rings (SSSR count). The van der Waals surface area contributed by atoms with Gasteiger partial charge in [-0.15, -0.1) is 0 Å². The van der Waals surface area contributed by atoms with Crippen molar-refractivity contribution in [2.75, 3.05) is 20.3 Å². The number of nitrogens with zero attached hydrogens (tertiary/aromatic N) is 1. The summed E-state index contributed by atoms with van der Waals surface area (Å²) in [6.45, 7) is 0.766. The number of halogens is 3. The lowest BCUT2D eigenvalue weighted by Crippen LogP contribution is -2.48. The van der Waals surface area contributed by atoms with E-state index in [1.54, 1.807) is 5.32 Å². The molecule has 1 aliphatic heterocycles. The van der Waals surface area contributed by atoms with Gasteiger partial charge in [0.2, 0.25) is 0 Å². The van der Waals surface area contributed by atoms with Crippen LogP contribution in [-0.4, -0.2) is 71.4 Å². The van der Waals surface area contributed by atoms with Gasteiger partial charge in [0.15, 0.2) is 6.23 Å². The summed E-state index contributed by atoms with van der Waals surface area (Å²) in [5.74, 6) is -2.16. The van der Waals surface area contributed by atoms with Crippen molar-refractivity contribution < 1.29 is 37.3 Å². The monoisotopic (exact) mass is 411 g/mol. The third kappa shape index (κ3) is 5.19. The highest BCUT2D eigenvalue weighted by molar-refractivity contribution is 5.81. The molecule has 1 aliphatic rings. The third-order valence-corrected chi connectivity index (χ3v) is 4.03. The number of aliphatic hydroxyl groups excluding tert-OH is 1. The molecule has 5 atom stereocenters. The molecule has 0 bridgehead atoms. The van der Waals surface area contributed by atoms with E-state index in [0.29, 0.717) is 0 Å². The van der Waals surface area contributed by atoms with Crippen molar-refractivity contribution in [2.24, 2.45) is 0 Å². The molecule has 0 spiro atoms. The second-order valence-electron chi connectivity index (χ2n) is 6.16. The zero-order valence-electron chi connectivity index (χ0n) is 14.9. The van der Waals surface area contributed by atoms with Gasteiger partial charge in [0, 0.05) is 19.4 Å². The number of carbonyl (C=O) groups is 1. The van der Waals surface area contributed by atoms with Crippen molar-refractivity contribution in [3.63, 3.8) is 0 Å². The van der Waals surface area contributed by atoms with Gasteiger partial charge >= 0.3 is 17.8 Å². The predicted octanol–water partition coefficient (Wildman–Crippen LogP) is -1.11. The lowest BCUT2D eigenvalue weighted by Gasteiger charge is -2.25. The molecular formula is C15H20F3N3O7. The van der Waals surface area contributed by atoms with E-state index < -0.39 is 60.5 Å². The summed E-state index contributed by atoms with van der Waals surface area (Å²) >= 11 is 0. The molecule has 3 N–H and O–H groups in total. The van der Waals surface area contributed by atoms with E-state index in [-0.39, 0.29) is 6.61 Å². The number of hydrogen-bond acceptors (Lipinski definition) is 7. The molecule has 28 heavy (non-hydrogen) atoms. The van der Waals surface area contributed by atoms with Crippen LogP contribution in [0.1, 0.15) is 13.2 Å². The minimum absolute atomic E-state index is 0.287. The van der Waals surface area contributed by atoms with Crippen LogP contribution in [-0.2, 0) is 19.0 Å². The Labute approximate surface area is 156 Å². The maximum Gasteiger partial charge on any atom is 0.471 e. The highest BCUT2D eigenvalue weighted by Gasteiger charge is 2.45. The highest BCUT2D eigenvalue weighted by Crippen LogP contribution is 2.30. The molecule has 13 heteroatoms. The molecule has 1 aromatic heterocycles. The van der Waals surface area contributed by atoms with Gasteiger partial charge in [-0.25, -0.2) is 4.79 Å². The number of methoxy groups -OCH3 is 1. The molecule has 1 fully saturated rings. The smallest absolute Gasteiger partial charge is 0.388 e. The number of amides is 1. The lowest BCUT2D eigenvalue weighted by molar-refractivity contribution is -0.175. The van der Waals surface area contributed by atoms with Gasteiger partial charge in [-0.2, -0.15) is 13.2 Å². The van der Waals surface area contributed by atoms with Gasteiger partial charge in [0.1, 0.15) is 12.2 Å². The van der Waals surface area contributed by atoms with Gasteiger partial charge in [-0.05, 0) is 6.92 Å². The van der Waals surface area contributed by atoms with Crippen LogP contribution in [0, 0.1) is 0 Å². The van der Waals surface area contributed by atoms with E-state index in [1.165, 1.54) is 14.0 Å². The predicted molar refractivity (Wildman–Crippen MR) is 86.5 cm³/mol. The molecule has 0 radical (unpaired) electrons. The van der Waals surface area contributed by atoms with Crippen molar-refractivity contribution in [3.05, 3.63) is 33.1 Å².